The quantitative estimate of drug-likeness (QED) is 0.240. The Morgan fingerprint density at radius 2 is 1.78 bits per heavy atom. The molecule has 7 heteroatoms. The lowest BCUT2D eigenvalue weighted by molar-refractivity contribution is 0.332. The number of nitrogens with zero attached hydrogens (tertiary/aromatic N) is 1. The molecule has 5 nitrogen and oxygen atoms in total. The third-order valence-electron chi connectivity index (χ3n) is 4.92. The summed E-state index contributed by atoms with van der Waals surface area (Å²) in [7, 11) is -3.14. The van der Waals surface area contributed by atoms with Crippen LogP contribution < -0.4 is 10.6 Å². The van der Waals surface area contributed by atoms with E-state index in [0.717, 1.165) is 30.5 Å². The zero-order chi connectivity index (χ0) is 18.8. The van der Waals surface area contributed by atoms with Gasteiger partial charge in [-0.3, -0.25) is 0 Å². The summed E-state index contributed by atoms with van der Waals surface area (Å²) in [5.41, 5.74) is 0.997. The maximum atomic E-state index is 11.5. The van der Waals surface area contributed by atoms with E-state index in [1.807, 2.05) is 12.1 Å². The first-order chi connectivity index (χ1) is 12.5. The summed E-state index contributed by atoms with van der Waals surface area (Å²) in [5, 5.41) is 6.68. The number of aliphatic imine (C=N–C) groups is 1. The van der Waals surface area contributed by atoms with Crippen LogP contribution in [0.3, 0.4) is 0 Å². The van der Waals surface area contributed by atoms with Gasteiger partial charge in [-0.25, -0.2) is 13.4 Å². The van der Waals surface area contributed by atoms with Crippen molar-refractivity contribution in [3.05, 3.63) is 29.8 Å². The van der Waals surface area contributed by atoms with Crippen LogP contribution in [0.5, 0.6) is 0 Å². The molecule has 2 N–H and O–H groups in total. The van der Waals surface area contributed by atoms with Gasteiger partial charge >= 0.3 is 0 Å². The molecule has 1 fully saturated rings. The van der Waals surface area contributed by atoms with Gasteiger partial charge in [-0.05, 0) is 43.4 Å². The predicted octanol–water partition coefficient (Wildman–Crippen LogP) is 4.12. The molecule has 154 valence electrons. The van der Waals surface area contributed by atoms with Crippen LogP contribution in [0.25, 0.3) is 0 Å². The van der Waals surface area contributed by atoms with Crippen LogP contribution in [0, 0.1) is 5.92 Å². The smallest absolute Gasteiger partial charge is 0.191 e. The molecule has 0 heterocycles. The lowest BCUT2D eigenvalue weighted by Gasteiger charge is -2.21. The van der Waals surface area contributed by atoms with E-state index < -0.39 is 9.84 Å². The van der Waals surface area contributed by atoms with Gasteiger partial charge in [0.1, 0.15) is 0 Å². The fourth-order valence-corrected chi connectivity index (χ4v) is 4.06. The van der Waals surface area contributed by atoms with E-state index >= 15 is 0 Å². The Morgan fingerprint density at radius 3 is 2.37 bits per heavy atom. The molecule has 1 aromatic rings. The average Bonchev–Trinajstić information content (AvgIpc) is 2.63. The van der Waals surface area contributed by atoms with E-state index in [1.165, 1.54) is 51.2 Å². The fraction of sp³-hybridized carbons (Fsp3) is 0.650. The third-order valence-corrected chi connectivity index (χ3v) is 6.05. The molecule has 1 aliphatic carbocycles. The van der Waals surface area contributed by atoms with Crippen molar-refractivity contribution in [1.29, 1.82) is 0 Å². The largest absolute Gasteiger partial charge is 0.357 e. The summed E-state index contributed by atoms with van der Waals surface area (Å²) in [6.07, 6.45) is 10.7. The second-order valence-electron chi connectivity index (χ2n) is 7.18. The normalized spacial score (nSPS) is 15.9. The molecule has 0 spiro atoms. The first-order valence-electron chi connectivity index (χ1n) is 9.80. The highest BCUT2D eigenvalue weighted by molar-refractivity contribution is 14.0. The molecular formula is C20H34IN3O2S. The molecule has 0 aromatic heterocycles. The average molecular weight is 507 g/mol. The van der Waals surface area contributed by atoms with Crippen molar-refractivity contribution in [3.8, 4) is 0 Å². The Hall–Kier alpha value is -0.830. The molecule has 0 unspecified atom stereocenters. The van der Waals surface area contributed by atoms with Gasteiger partial charge in [0, 0.05) is 19.3 Å². The van der Waals surface area contributed by atoms with Crippen LogP contribution in [-0.2, 0) is 16.4 Å². The Morgan fingerprint density at radius 1 is 1.11 bits per heavy atom. The van der Waals surface area contributed by atoms with Crippen molar-refractivity contribution in [3.63, 3.8) is 0 Å². The van der Waals surface area contributed by atoms with Crippen LogP contribution in [0.15, 0.2) is 34.2 Å². The molecule has 1 aromatic carbocycles. The summed E-state index contributed by atoms with van der Waals surface area (Å²) in [6.45, 7) is 4.35. The Kier molecular flexibility index (Phi) is 11.3. The maximum Gasteiger partial charge on any atom is 0.191 e. The molecule has 0 aliphatic heterocycles. The molecule has 0 amide bonds. The summed E-state index contributed by atoms with van der Waals surface area (Å²) < 4.78 is 23.0. The first kappa shape index (κ1) is 24.2. The minimum Gasteiger partial charge on any atom is -0.357 e. The molecule has 2 rings (SSSR count). The zero-order valence-corrected chi connectivity index (χ0v) is 19.7. The van der Waals surface area contributed by atoms with Gasteiger partial charge in [0.05, 0.1) is 11.4 Å². The summed E-state index contributed by atoms with van der Waals surface area (Å²) in [4.78, 5) is 4.95. The molecule has 0 bridgehead atoms. The van der Waals surface area contributed by atoms with Gasteiger partial charge in [0.2, 0.25) is 0 Å². The number of sulfone groups is 1. The minimum atomic E-state index is -3.14. The SMILES string of the molecule is CCNC(=NCc1ccc(S(C)(=O)=O)cc1)NCCCC1CCCCC1.I. The highest BCUT2D eigenvalue weighted by Crippen LogP contribution is 2.26. The molecule has 0 radical (unpaired) electrons. The third kappa shape index (κ3) is 9.27. The number of halogens is 1. The summed E-state index contributed by atoms with van der Waals surface area (Å²) >= 11 is 0. The lowest BCUT2D eigenvalue weighted by atomic mass is 9.86. The topological polar surface area (TPSA) is 70.6 Å². The van der Waals surface area contributed by atoms with Crippen molar-refractivity contribution < 1.29 is 8.42 Å². The minimum absolute atomic E-state index is 0. The van der Waals surface area contributed by atoms with Crippen LogP contribution in [0.2, 0.25) is 0 Å². The van der Waals surface area contributed by atoms with E-state index in [4.69, 9.17) is 0 Å². The summed E-state index contributed by atoms with van der Waals surface area (Å²) in [6, 6.07) is 6.94. The Labute approximate surface area is 181 Å². The number of benzene rings is 1. The van der Waals surface area contributed by atoms with Crippen molar-refractivity contribution in [2.24, 2.45) is 10.9 Å². The van der Waals surface area contributed by atoms with Crippen molar-refractivity contribution in [2.75, 3.05) is 19.3 Å². The van der Waals surface area contributed by atoms with Crippen molar-refractivity contribution in [1.82, 2.24) is 10.6 Å². The predicted molar refractivity (Wildman–Crippen MR) is 124 cm³/mol. The number of rotatable bonds is 8. The molecule has 27 heavy (non-hydrogen) atoms. The second kappa shape index (κ2) is 12.6. The molecule has 0 atom stereocenters. The van der Waals surface area contributed by atoms with Crippen LogP contribution >= 0.6 is 24.0 Å². The van der Waals surface area contributed by atoms with Gasteiger partial charge in [-0.15, -0.1) is 24.0 Å². The maximum absolute atomic E-state index is 11.5. The van der Waals surface area contributed by atoms with Crippen LogP contribution in [0.4, 0.5) is 0 Å². The van der Waals surface area contributed by atoms with Crippen molar-refractivity contribution >= 4 is 39.8 Å². The summed E-state index contributed by atoms with van der Waals surface area (Å²) in [5.74, 6) is 1.74. The Bertz CT molecular complexity index is 669. The van der Waals surface area contributed by atoms with E-state index in [1.54, 1.807) is 12.1 Å². The van der Waals surface area contributed by atoms with E-state index in [-0.39, 0.29) is 24.0 Å². The zero-order valence-electron chi connectivity index (χ0n) is 16.5. The molecule has 1 aliphatic rings. The number of hydrogen-bond donors (Lipinski definition) is 2. The molecule has 0 saturated heterocycles. The lowest BCUT2D eigenvalue weighted by Crippen LogP contribution is -2.37. The van der Waals surface area contributed by atoms with Crippen molar-refractivity contribution in [2.45, 2.75) is 63.3 Å². The van der Waals surface area contributed by atoms with Gasteiger partial charge in [-0.1, -0.05) is 44.2 Å². The van der Waals surface area contributed by atoms with Crippen LogP contribution in [-0.4, -0.2) is 33.7 Å². The monoisotopic (exact) mass is 507 g/mol. The second-order valence-corrected chi connectivity index (χ2v) is 9.20. The fourth-order valence-electron chi connectivity index (χ4n) is 3.43. The van der Waals surface area contributed by atoms with E-state index in [0.29, 0.717) is 11.4 Å². The standard InChI is InChI=1S/C20H33N3O2S.HI/c1-3-21-20(22-15-7-10-17-8-5-4-6-9-17)23-16-18-11-13-19(14-12-18)26(2,24)25;/h11-14,17H,3-10,15-16H2,1-2H3,(H2,21,22,23);1H. The number of guanidine groups is 1. The number of nitrogens with one attached hydrogen (secondary N) is 2. The first-order valence-corrected chi connectivity index (χ1v) is 11.7. The van der Waals surface area contributed by atoms with Gasteiger partial charge in [-0.2, -0.15) is 0 Å². The van der Waals surface area contributed by atoms with Crippen LogP contribution in [0.1, 0.15) is 57.4 Å². The van der Waals surface area contributed by atoms with Gasteiger partial charge < -0.3 is 10.6 Å². The van der Waals surface area contributed by atoms with E-state index in [9.17, 15) is 8.42 Å². The number of hydrogen-bond acceptors (Lipinski definition) is 3. The van der Waals surface area contributed by atoms with Gasteiger partial charge in [0.15, 0.2) is 15.8 Å². The van der Waals surface area contributed by atoms with Gasteiger partial charge in [0.25, 0.3) is 0 Å². The molecular weight excluding hydrogens is 473 g/mol. The van der Waals surface area contributed by atoms with E-state index in [2.05, 4.69) is 22.5 Å². The Balaban J connectivity index is 0.00000364. The highest BCUT2D eigenvalue weighted by Gasteiger charge is 2.12. The molecule has 1 saturated carbocycles. The highest BCUT2D eigenvalue weighted by atomic mass is 127.